The molecule has 1 aliphatic rings. The number of nitrogens with one attached hydrogen (secondary N) is 1. The van der Waals surface area contributed by atoms with Crippen LogP contribution in [0.15, 0.2) is 0 Å². The summed E-state index contributed by atoms with van der Waals surface area (Å²) in [6, 6.07) is 0.114. The number of aliphatic hydroxyl groups excluding tert-OH is 1. The molecule has 1 fully saturated rings. The lowest BCUT2D eigenvalue weighted by Crippen LogP contribution is -2.51. The van der Waals surface area contributed by atoms with E-state index < -0.39 is 6.43 Å². The van der Waals surface area contributed by atoms with Crippen molar-refractivity contribution in [3.63, 3.8) is 0 Å². The predicted octanol–water partition coefficient (Wildman–Crippen LogP) is 0.263. The Balaban J connectivity index is 2.40. The molecule has 0 aromatic rings. The quantitative estimate of drug-likeness (QED) is 0.589. The van der Waals surface area contributed by atoms with Crippen molar-refractivity contribution in [2.45, 2.75) is 31.7 Å². The van der Waals surface area contributed by atoms with Crippen molar-refractivity contribution in [2.75, 3.05) is 39.3 Å². The Morgan fingerprint density at radius 1 is 1.39 bits per heavy atom. The fourth-order valence-electron chi connectivity index (χ4n) is 2.66. The highest BCUT2D eigenvalue weighted by Crippen LogP contribution is 2.21. The van der Waals surface area contributed by atoms with Crippen LogP contribution in [0.1, 0.15) is 19.3 Å². The first-order chi connectivity index (χ1) is 8.65. The van der Waals surface area contributed by atoms with Crippen LogP contribution >= 0.6 is 0 Å². The van der Waals surface area contributed by atoms with Gasteiger partial charge >= 0.3 is 0 Å². The van der Waals surface area contributed by atoms with Gasteiger partial charge in [0.25, 0.3) is 6.43 Å². The monoisotopic (exact) mass is 265 g/mol. The number of rotatable bonds is 8. The number of hydrogen-bond donors (Lipinski definition) is 3. The SMILES string of the molecule is NCCN1CC(CCCO)CC(NCC(F)F)C1. The number of likely N-dealkylation sites (tertiary alicyclic amines) is 1. The summed E-state index contributed by atoms with van der Waals surface area (Å²) in [4.78, 5) is 2.23. The second-order valence-electron chi connectivity index (χ2n) is 5.01. The van der Waals surface area contributed by atoms with Gasteiger partial charge in [0.1, 0.15) is 0 Å². The summed E-state index contributed by atoms with van der Waals surface area (Å²) >= 11 is 0. The number of aliphatic hydroxyl groups is 1. The van der Waals surface area contributed by atoms with Crippen molar-refractivity contribution < 1.29 is 13.9 Å². The minimum absolute atomic E-state index is 0.114. The molecule has 18 heavy (non-hydrogen) atoms. The fraction of sp³-hybridized carbons (Fsp3) is 1.00. The van der Waals surface area contributed by atoms with E-state index in [4.69, 9.17) is 10.8 Å². The molecule has 0 aromatic carbocycles. The Morgan fingerprint density at radius 3 is 2.78 bits per heavy atom. The lowest BCUT2D eigenvalue weighted by Gasteiger charge is -2.38. The molecule has 1 rings (SSSR count). The van der Waals surface area contributed by atoms with Crippen LogP contribution in [0.5, 0.6) is 0 Å². The topological polar surface area (TPSA) is 61.5 Å². The van der Waals surface area contributed by atoms with Crippen molar-refractivity contribution in [1.29, 1.82) is 0 Å². The largest absolute Gasteiger partial charge is 0.396 e. The Hall–Kier alpha value is -0.300. The van der Waals surface area contributed by atoms with Gasteiger partial charge in [-0.05, 0) is 25.2 Å². The van der Waals surface area contributed by atoms with Crippen molar-refractivity contribution in [3.8, 4) is 0 Å². The highest BCUT2D eigenvalue weighted by atomic mass is 19.3. The van der Waals surface area contributed by atoms with Crippen LogP contribution in [0, 0.1) is 5.92 Å². The first-order valence-corrected chi connectivity index (χ1v) is 6.70. The Labute approximate surface area is 108 Å². The average Bonchev–Trinajstić information content (AvgIpc) is 2.34. The van der Waals surface area contributed by atoms with E-state index >= 15 is 0 Å². The molecular weight excluding hydrogens is 240 g/mol. The third-order valence-corrected chi connectivity index (χ3v) is 3.39. The van der Waals surface area contributed by atoms with Gasteiger partial charge in [-0.1, -0.05) is 0 Å². The summed E-state index contributed by atoms with van der Waals surface area (Å²) in [6.07, 6.45) is 0.340. The van der Waals surface area contributed by atoms with Gasteiger partial charge in [-0.25, -0.2) is 8.78 Å². The Morgan fingerprint density at radius 2 is 2.17 bits per heavy atom. The molecule has 0 bridgehead atoms. The van der Waals surface area contributed by atoms with Crippen LogP contribution in [0.2, 0.25) is 0 Å². The summed E-state index contributed by atoms with van der Waals surface area (Å²) in [5, 5.41) is 11.8. The molecule has 0 aliphatic carbocycles. The van der Waals surface area contributed by atoms with E-state index in [0.29, 0.717) is 12.5 Å². The molecule has 1 saturated heterocycles. The van der Waals surface area contributed by atoms with Gasteiger partial charge in [0.05, 0.1) is 6.54 Å². The zero-order chi connectivity index (χ0) is 13.4. The zero-order valence-corrected chi connectivity index (χ0v) is 10.8. The maximum atomic E-state index is 12.2. The van der Waals surface area contributed by atoms with Gasteiger partial charge in [0, 0.05) is 38.8 Å². The maximum Gasteiger partial charge on any atom is 0.250 e. The average molecular weight is 265 g/mol. The molecule has 0 amide bonds. The molecule has 1 heterocycles. The zero-order valence-electron chi connectivity index (χ0n) is 10.8. The Kier molecular flexibility index (Phi) is 7.65. The number of nitrogens with two attached hydrogens (primary N) is 1. The van der Waals surface area contributed by atoms with E-state index in [0.717, 1.165) is 38.9 Å². The molecule has 0 saturated carbocycles. The lowest BCUT2D eigenvalue weighted by molar-refractivity contribution is 0.105. The van der Waals surface area contributed by atoms with Gasteiger partial charge in [-0.2, -0.15) is 0 Å². The van der Waals surface area contributed by atoms with Crippen molar-refractivity contribution in [1.82, 2.24) is 10.2 Å². The van der Waals surface area contributed by atoms with Crippen LogP contribution in [-0.4, -0.2) is 61.8 Å². The van der Waals surface area contributed by atoms with E-state index in [1.165, 1.54) is 0 Å². The van der Waals surface area contributed by atoms with Crippen LogP contribution in [0.4, 0.5) is 8.78 Å². The highest BCUT2D eigenvalue weighted by Gasteiger charge is 2.26. The molecule has 108 valence electrons. The summed E-state index contributed by atoms with van der Waals surface area (Å²) < 4.78 is 24.4. The minimum atomic E-state index is -2.30. The third kappa shape index (κ3) is 6.04. The van der Waals surface area contributed by atoms with Crippen LogP contribution in [0.25, 0.3) is 0 Å². The second kappa shape index (κ2) is 8.74. The summed E-state index contributed by atoms with van der Waals surface area (Å²) in [6.45, 7) is 3.11. The molecule has 6 heteroatoms. The molecule has 0 radical (unpaired) electrons. The fourth-order valence-corrected chi connectivity index (χ4v) is 2.66. The number of hydrogen-bond acceptors (Lipinski definition) is 4. The molecule has 0 spiro atoms. The third-order valence-electron chi connectivity index (χ3n) is 3.39. The van der Waals surface area contributed by atoms with E-state index in [9.17, 15) is 8.78 Å². The van der Waals surface area contributed by atoms with E-state index in [2.05, 4.69) is 10.2 Å². The van der Waals surface area contributed by atoms with Crippen molar-refractivity contribution in [2.24, 2.45) is 11.7 Å². The van der Waals surface area contributed by atoms with Gasteiger partial charge in [0.15, 0.2) is 0 Å². The number of halogens is 2. The van der Waals surface area contributed by atoms with Crippen LogP contribution in [0.3, 0.4) is 0 Å². The minimum Gasteiger partial charge on any atom is -0.396 e. The molecular formula is C12H25F2N3O. The predicted molar refractivity (Wildman–Crippen MR) is 67.7 cm³/mol. The molecule has 2 unspecified atom stereocenters. The summed E-state index contributed by atoms with van der Waals surface area (Å²) in [5.74, 6) is 0.465. The van der Waals surface area contributed by atoms with Gasteiger partial charge < -0.3 is 21.1 Å². The van der Waals surface area contributed by atoms with Crippen LogP contribution in [-0.2, 0) is 0 Å². The first kappa shape index (κ1) is 15.8. The van der Waals surface area contributed by atoms with E-state index in [1.807, 2.05) is 0 Å². The Bertz CT molecular complexity index is 219. The van der Waals surface area contributed by atoms with Crippen molar-refractivity contribution in [3.05, 3.63) is 0 Å². The van der Waals surface area contributed by atoms with Gasteiger partial charge in [0.2, 0.25) is 0 Å². The van der Waals surface area contributed by atoms with Crippen LogP contribution < -0.4 is 11.1 Å². The maximum absolute atomic E-state index is 12.2. The highest BCUT2D eigenvalue weighted by molar-refractivity contribution is 4.83. The first-order valence-electron chi connectivity index (χ1n) is 6.70. The number of alkyl halides is 2. The molecule has 0 aromatic heterocycles. The number of nitrogens with zero attached hydrogens (tertiary/aromatic N) is 1. The standard InChI is InChI=1S/C12H25F2N3O/c13-12(14)7-16-11-6-10(2-1-5-18)8-17(9-11)4-3-15/h10-12,16,18H,1-9,15H2. The number of piperidine rings is 1. The molecule has 4 nitrogen and oxygen atoms in total. The van der Waals surface area contributed by atoms with Gasteiger partial charge in [-0.15, -0.1) is 0 Å². The van der Waals surface area contributed by atoms with E-state index in [1.54, 1.807) is 0 Å². The molecule has 2 atom stereocenters. The summed E-state index contributed by atoms with van der Waals surface area (Å²) in [5.41, 5.74) is 5.55. The molecule has 4 N–H and O–H groups in total. The second-order valence-corrected chi connectivity index (χ2v) is 5.01. The van der Waals surface area contributed by atoms with E-state index in [-0.39, 0.29) is 19.2 Å². The summed E-state index contributed by atoms with van der Waals surface area (Å²) in [7, 11) is 0. The van der Waals surface area contributed by atoms with Gasteiger partial charge in [-0.3, -0.25) is 0 Å². The lowest BCUT2D eigenvalue weighted by atomic mass is 9.90. The van der Waals surface area contributed by atoms with Crippen molar-refractivity contribution >= 4 is 0 Å². The smallest absolute Gasteiger partial charge is 0.250 e. The molecule has 1 aliphatic heterocycles. The normalized spacial score (nSPS) is 25.8.